The van der Waals surface area contributed by atoms with Crippen LogP contribution in [0.3, 0.4) is 0 Å². The Balaban J connectivity index is 1.61. The standard InChI is InChI=1S/C24H24F2N6O2S/c1-13(7-8-33)35-20-6-4-15(10-18(20)26)19-12-29-22(27)21(30-19)24-32-31-23(34-24)16-5-3-14(11-28-2)9-17(16)25/h3-6,9-10,12-13,28,33H,7-8,11H2,1-2H3,(H2,27,29). The topological polar surface area (TPSA) is 123 Å². The summed E-state index contributed by atoms with van der Waals surface area (Å²) in [6.45, 7) is 2.49. The van der Waals surface area contributed by atoms with Crippen molar-refractivity contribution in [2.24, 2.45) is 0 Å². The first-order valence-electron chi connectivity index (χ1n) is 10.9. The smallest absolute Gasteiger partial charge is 0.270 e. The molecule has 182 valence electrons. The molecule has 4 rings (SSSR count). The number of benzene rings is 2. The summed E-state index contributed by atoms with van der Waals surface area (Å²) >= 11 is 1.35. The maximum absolute atomic E-state index is 14.7. The van der Waals surface area contributed by atoms with Crippen molar-refractivity contribution in [3.05, 3.63) is 59.8 Å². The Morgan fingerprint density at radius 3 is 2.63 bits per heavy atom. The van der Waals surface area contributed by atoms with E-state index in [-0.39, 0.29) is 40.7 Å². The second kappa shape index (κ2) is 10.9. The predicted octanol–water partition coefficient (Wildman–Crippen LogP) is 4.30. The summed E-state index contributed by atoms with van der Waals surface area (Å²) in [5.74, 6) is -0.919. The van der Waals surface area contributed by atoms with Crippen LogP contribution in [0.5, 0.6) is 0 Å². The molecule has 35 heavy (non-hydrogen) atoms. The zero-order valence-corrected chi connectivity index (χ0v) is 19.9. The van der Waals surface area contributed by atoms with Crippen LogP contribution in [0.4, 0.5) is 14.6 Å². The van der Waals surface area contributed by atoms with Gasteiger partial charge in [-0.15, -0.1) is 22.0 Å². The Kier molecular flexibility index (Phi) is 7.69. The number of nitrogen functional groups attached to an aromatic ring is 1. The minimum Gasteiger partial charge on any atom is -0.414 e. The van der Waals surface area contributed by atoms with E-state index in [1.165, 1.54) is 30.1 Å². The number of hydrogen-bond donors (Lipinski definition) is 3. The lowest BCUT2D eigenvalue weighted by Crippen LogP contribution is -2.05. The molecule has 0 bridgehead atoms. The monoisotopic (exact) mass is 498 g/mol. The molecule has 0 saturated heterocycles. The first-order valence-corrected chi connectivity index (χ1v) is 11.7. The molecule has 8 nitrogen and oxygen atoms in total. The van der Waals surface area contributed by atoms with Gasteiger partial charge in [0.2, 0.25) is 0 Å². The lowest BCUT2D eigenvalue weighted by Gasteiger charge is -2.11. The zero-order chi connectivity index (χ0) is 24.9. The largest absolute Gasteiger partial charge is 0.414 e. The van der Waals surface area contributed by atoms with Crippen LogP contribution in [0.1, 0.15) is 18.9 Å². The number of aliphatic hydroxyl groups excluding tert-OH is 1. The number of rotatable bonds is 9. The molecule has 11 heteroatoms. The van der Waals surface area contributed by atoms with Crippen LogP contribution in [-0.2, 0) is 6.54 Å². The third kappa shape index (κ3) is 5.64. The molecule has 0 fully saturated rings. The van der Waals surface area contributed by atoms with Crippen molar-refractivity contribution >= 4 is 17.6 Å². The van der Waals surface area contributed by atoms with Crippen molar-refractivity contribution in [2.75, 3.05) is 19.4 Å². The van der Waals surface area contributed by atoms with E-state index in [2.05, 4.69) is 25.5 Å². The van der Waals surface area contributed by atoms with Gasteiger partial charge in [-0.1, -0.05) is 19.1 Å². The van der Waals surface area contributed by atoms with E-state index < -0.39 is 11.6 Å². The Morgan fingerprint density at radius 1 is 1.11 bits per heavy atom. The molecule has 1 unspecified atom stereocenters. The van der Waals surface area contributed by atoms with Gasteiger partial charge in [0.1, 0.15) is 11.6 Å². The Bertz CT molecular complexity index is 1330. The van der Waals surface area contributed by atoms with Gasteiger partial charge in [-0.3, -0.25) is 0 Å². The molecule has 0 amide bonds. The van der Waals surface area contributed by atoms with Gasteiger partial charge in [0.25, 0.3) is 11.8 Å². The minimum atomic E-state index is -0.498. The van der Waals surface area contributed by atoms with Crippen LogP contribution in [0, 0.1) is 11.6 Å². The Morgan fingerprint density at radius 2 is 1.91 bits per heavy atom. The number of aromatic nitrogens is 4. The Hall–Kier alpha value is -3.41. The second-order valence-corrected chi connectivity index (χ2v) is 9.31. The maximum Gasteiger partial charge on any atom is 0.270 e. The van der Waals surface area contributed by atoms with Crippen molar-refractivity contribution in [1.29, 1.82) is 0 Å². The van der Waals surface area contributed by atoms with E-state index in [9.17, 15) is 8.78 Å². The molecule has 4 N–H and O–H groups in total. The molecule has 2 heterocycles. The summed E-state index contributed by atoms with van der Waals surface area (Å²) in [5, 5.41) is 20.0. The minimum absolute atomic E-state index is 0.0236. The van der Waals surface area contributed by atoms with Gasteiger partial charge in [0.15, 0.2) is 11.5 Å². The zero-order valence-electron chi connectivity index (χ0n) is 19.1. The number of nitrogens with zero attached hydrogens (tertiary/aromatic N) is 4. The molecule has 2 aromatic heterocycles. The number of aliphatic hydroxyl groups is 1. The number of hydrogen-bond acceptors (Lipinski definition) is 9. The van der Waals surface area contributed by atoms with Crippen molar-refractivity contribution < 1.29 is 18.3 Å². The lowest BCUT2D eigenvalue weighted by molar-refractivity contribution is 0.289. The molecule has 0 spiro atoms. The van der Waals surface area contributed by atoms with E-state index in [0.717, 1.165) is 5.56 Å². The van der Waals surface area contributed by atoms with Gasteiger partial charge in [-0.05, 0) is 43.3 Å². The highest BCUT2D eigenvalue weighted by molar-refractivity contribution is 8.00. The fraction of sp³-hybridized carbons (Fsp3) is 0.250. The van der Waals surface area contributed by atoms with Gasteiger partial charge in [-0.2, -0.15) is 0 Å². The number of anilines is 1. The average molecular weight is 499 g/mol. The fourth-order valence-electron chi connectivity index (χ4n) is 3.38. The molecular formula is C24H24F2N6O2S. The van der Waals surface area contributed by atoms with Crippen LogP contribution >= 0.6 is 11.8 Å². The average Bonchev–Trinajstić information content (AvgIpc) is 3.31. The molecule has 1 atom stereocenters. The predicted molar refractivity (Wildman–Crippen MR) is 130 cm³/mol. The van der Waals surface area contributed by atoms with E-state index in [1.54, 1.807) is 31.3 Å². The summed E-state index contributed by atoms with van der Waals surface area (Å²) < 4.78 is 34.9. The summed E-state index contributed by atoms with van der Waals surface area (Å²) in [5.41, 5.74) is 7.87. The molecule has 0 saturated carbocycles. The fourth-order valence-corrected chi connectivity index (χ4v) is 4.36. The summed E-state index contributed by atoms with van der Waals surface area (Å²) in [6, 6.07) is 9.46. The summed E-state index contributed by atoms with van der Waals surface area (Å²) in [7, 11) is 1.77. The highest BCUT2D eigenvalue weighted by atomic mass is 32.2. The van der Waals surface area contributed by atoms with Crippen LogP contribution in [-0.4, -0.2) is 44.2 Å². The van der Waals surface area contributed by atoms with Crippen LogP contribution in [0.15, 0.2) is 51.9 Å². The summed E-state index contributed by atoms with van der Waals surface area (Å²) in [4.78, 5) is 9.06. The van der Waals surface area contributed by atoms with Gasteiger partial charge in [0.05, 0.1) is 17.5 Å². The van der Waals surface area contributed by atoms with Gasteiger partial charge >= 0.3 is 0 Å². The third-order valence-electron chi connectivity index (χ3n) is 5.16. The van der Waals surface area contributed by atoms with Crippen molar-refractivity contribution in [2.45, 2.75) is 30.0 Å². The van der Waals surface area contributed by atoms with E-state index in [0.29, 0.717) is 29.1 Å². The van der Waals surface area contributed by atoms with E-state index in [1.807, 2.05) is 6.92 Å². The molecule has 2 aromatic carbocycles. The van der Waals surface area contributed by atoms with Crippen LogP contribution in [0.25, 0.3) is 34.3 Å². The van der Waals surface area contributed by atoms with Crippen molar-refractivity contribution in [1.82, 2.24) is 25.5 Å². The van der Waals surface area contributed by atoms with Crippen LogP contribution < -0.4 is 11.1 Å². The number of nitrogens with one attached hydrogen (secondary N) is 1. The van der Waals surface area contributed by atoms with Crippen molar-refractivity contribution in [3.8, 4) is 34.3 Å². The molecule has 0 radical (unpaired) electrons. The lowest BCUT2D eigenvalue weighted by atomic mass is 10.1. The van der Waals surface area contributed by atoms with Crippen molar-refractivity contribution in [3.63, 3.8) is 0 Å². The van der Waals surface area contributed by atoms with Crippen LogP contribution in [0.2, 0.25) is 0 Å². The second-order valence-electron chi connectivity index (χ2n) is 7.83. The first kappa shape index (κ1) is 24.7. The highest BCUT2D eigenvalue weighted by Crippen LogP contribution is 2.32. The number of thioether (sulfide) groups is 1. The highest BCUT2D eigenvalue weighted by Gasteiger charge is 2.19. The maximum atomic E-state index is 14.7. The quantitative estimate of drug-likeness (QED) is 0.290. The van der Waals surface area contributed by atoms with Gasteiger partial charge in [-0.25, -0.2) is 18.7 Å². The van der Waals surface area contributed by atoms with Gasteiger partial charge in [0, 0.05) is 28.9 Å². The number of nitrogens with two attached hydrogens (primary N) is 1. The molecule has 0 aliphatic carbocycles. The van der Waals surface area contributed by atoms with Gasteiger partial charge < -0.3 is 20.6 Å². The Labute approximate surface area is 205 Å². The normalized spacial score (nSPS) is 12.1. The first-order chi connectivity index (χ1) is 16.9. The van der Waals surface area contributed by atoms with E-state index in [4.69, 9.17) is 15.3 Å². The summed E-state index contributed by atoms with van der Waals surface area (Å²) in [6.07, 6.45) is 1.99. The molecule has 0 aliphatic rings. The number of halogens is 2. The molecular weight excluding hydrogens is 474 g/mol. The molecule has 0 aliphatic heterocycles. The third-order valence-corrected chi connectivity index (χ3v) is 6.39. The van der Waals surface area contributed by atoms with E-state index >= 15 is 0 Å². The SMILES string of the molecule is CNCc1ccc(-c2nnc(-c3nc(-c4ccc(SC(C)CCO)c(F)c4)cnc3N)o2)c(F)c1. The molecule has 4 aromatic rings.